The molecule has 0 aliphatic rings. The van der Waals surface area contributed by atoms with Crippen molar-refractivity contribution in [3.05, 3.63) is 29.8 Å². The zero-order chi connectivity index (χ0) is 18.1. The Hall–Kier alpha value is -2.57. The highest BCUT2D eigenvalue weighted by atomic mass is 16.6. The number of benzene rings is 1. The summed E-state index contributed by atoms with van der Waals surface area (Å²) in [5, 5.41) is 17.9. The van der Waals surface area contributed by atoms with Gasteiger partial charge in [-0.05, 0) is 30.7 Å². The predicted octanol–water partition coefficient (Wildman–Crippen LogP) is 2.59. The third-order valence-electron chi connectivity index (χ3n) is 3.37. The minimum Gasteiger partial charge on any atom is -0.481 e. The van der Waals surface area contributed by atoms with E-state index in [9.17, 15) is 14.4 Å². The Balaban J connectivity index is 2.81. The Morgan fingerprint density at radius 1 is 1.12 bits per heavy atom. The number of unbranched alkanes of at least 4 members (excludes halogenated alkanes) is 1. The lowest BCUT2D eigenvalue weighted by Crippen LogP contribution is -2.33. The fourth-order valence-electron chi connectivity index (χ4n) is 1.86. The molecule has 0 amide bonds. The highest BCUT2D eigenvalue weighted by molar-refractivity contribution is 5.87. The lowest BCUT2D eigenvalue weighted by molar-refractivity contribution is -0.154. The van der Waals surface area contributed by atoms with Crippen LogP contribution in [-0.4, -0.2) is 40.8 Å². The van der Waals surface area contributed by atoms with E-state index in [-0.39, 0.29) is 24.3 Å². The SMILES string of the molecule is CCCCOC(=O)C(CC(C)C(=O)O)Oc1ccc(C(=O)O)cc1. The van der Waals surface area contributed by atoms with Gasteiger partial charge in [0.2, 0.25) is 0 Å². The maximum absolute atomic E-state index is 12.1. The van der Waals surface area contributed by atoms with Gasteiger partial charge in [-0.2, -0.15) is 0 Å². The molecule has 0 saturated heterocycles. The smallest absolute Gasteiger partial charge is 0.347 e. The summed E-state index contributed by atoms with van der Waals surface area (Å²) >= 11 is 0. The van der Waals surface area contributed by atoms with Crippen molar-refractivity contribution in [2.45, 2.75) is 39.2 Å². The van der Waals surface area contributed by atoms with Gasteiger partial charge in [0, 0.05) is 6.42 Å². The molecule has 2 unspecified atom stereocenters. The first kappa shape index (κ1) is 19.5. The minimum atomic E-state index is -1.07. The monoisotopic (exact) mass is 338 g/mol. The number of hydrogen-bond acceptors (Lipinski definition) is 5. The van der Waals surface area contributed by atoms with E-state index in [2.05, 4.69) is 0 Å². The Morgan fingerprint density at radius 2 is 1.75 bits per heavy atom. The summed E-state index contributed by atoms with van der Waals surface area (Å²) in [6.45, 7) is 3.68. The molecule has 132 valence electrons. The maximum Gasteiger partial charge on any atom is 0.347 e. The number of carboxylic acid groups (broad SMARTS) is 2. The van der Waals surface area contributed by atoms with Gasteiger partial charge in [0.25, 0.3) is 0 Å². The van der Waals surface area contributed by atoms with Gasteiger partial charge < -0.3 is 19.7 Å². The molecule has 0 spiro atoms. The van der Waals surface area contributed by atoms with Crippen LogP contribution in [0.25, 0.3) is 0 Å². The second-order valence-corrected chi connectivity index (χ2v) is 5.43. The van der Waals surface area contributed by atoms with E-state index in [1.807, 2.05) is 6.92 Å². The molecular weight excluding hydrogens is 316 g/mol. The van der Waals surface area contributed by atoms with Crippen LogP contribution in [0.15, 0.2) is 24.3 Å². The molecule has 1 rings (SSSR count). The lowest BCUT2D eigenvalue weighted by atomic mass is 10.0. The molecule has 1 aromatic carbocycles. The summed E-state index contributed by atoms with van der Waals surface area (Å²) in [7, 11) is 0. The number of ether oxygens (including phenoxy) is 2. The largest absolute Gasteiger partial charge is 0.481 e. The molecular formula is C17H22O7. The third-order valence-corrected chi connectivity index (χ3v) is 3.37. The van der Waals surface area contributed by atoms with E-state index in [1.54, 1.807) is 0 Å². The average molecular weight is 338 g/mol. The van der Waals surface area contributed by atoms with Crippen molar-refractivity contribution < 1.29 is 34.1 Å². The van der Waals surface area contributed by atoms with Crippen molar-refractivity contribution in [3.63, 3.8) is 0 Å². The number of carbonyl (C=O) groups excluding carboxylic acids is 1. The standard InChI is InChI=1S/C17H22O7/c1-3-4-9-23-17(22)14(10-11(2)15(18)19)24-13-7-5-12(6-8-13)16(20)21/h5-8,11,14H,3-4,9-10H2,1-2H3,(H,18,19)(H,20,21). The van der Waals surface area contributed by atoms with Crippen LogP contribution in [0.3, 0.4) is 0 Å². The molecule has 0 aliphatic carbocycles. The normalized spacial score (nSPS) is 12.9. The quantitative estimate of drug-likeness (QED) is 0.498. The summed E-state index contributed by atoms with van der Waals surface area (Å²) in [5.74, 6) is -3.25. The van der Waals surface area contributed by atoms with Gasteiger partial charge in [-0.1, -0.05) is 20.3 Å². The summed E-state index contributed by atoms with van der Waals surface area (Å²) in [4.78, 5) is 34.0. The van der Waals surface area contributed by atoms with Crippen molar-refractivity contribution in [2.75, 3.05) is 6.61 Å². The second-order valence-electron chi connectivity index (χ2n) is 5.43. The summed E-state index contributed by atoms with van der Waals surface area (Å²) in [5.41, 5.74) is 0.0864. The zero-order valence-electron chi connectivity index (χ0n) is 13.7. The highest BCUT2D eigenvalue weighted by Crippen LogP contribution is 2.18. The molecule has 2 N–H and O–H groups in total. The zero-order valence-corrected chi connectivity index (χ0v) is 13.7. The minimum absolute atomic E-state index is 0.0407. The molecule has 0 heterocycles. The van der Waals surface area contributed by atoms with Crippen LogP contribution in [0.4, 0.5) is 0 Å². The van der Waals surface area contributed by atoms with Gasteiger partial charge in [0.05, 0.1) is 18.1 Å². The average Bonchev–Trinajstić information content (AvgIpc) is 2.54. The number of aliphatic carboxylic acids is 1. The molecule has 0 aliphatic heterocycles. The lowest BCUT2D eigenvalue weighted by Gasteiger charge is -2.19. The van der Waals surface area contributed by atoms with Crippen LogP contribution in [0.2, 0.25) is 0 Å². The van der Waals surface area contributed by atoms with E-state index in [1.165, 1.54) is 31.2 Å². The molecule has 1 aromatic rings. The molecule has 7 heteroatoms. The van der Waals surface area contributed by atoms with E-state index in [0.717, 1.165) is 6.42 Å². The highest BCUT2D eigenvalue weighted by Gasteiger charge is 2.27. The first-order valence-corrected chi connectivity index (χ1v) is 7.74. The van der Waals surface area contributed by atoms with Crippen molar-refractivity contribution in [2.24, 2.45) is 5.92 Å². The Kier molecular flexibility index (Phi) is 7.74. The Labute approximate surface area is 140 Å². The van der Waals surface area contributed by atoms with Gasteiger partial charge in [-0.3, -0.25) is 4.79 Å². The fraction of sp³-hybridized carbons (Fsp3) is 0.471. The van der Waals surface area contributed by atoms with E-state index in [4.69, 9.17) is 19.7 Å². The summed E-state index contributed by atoms with van der Waals surface area (Å²) in [6.07, 6.45) is 0.464. The summed E-state index contributed by atoms with van der Waals surface area (Å²) < 4.78 is 10.6. The van der Waals surface area contributed by atoms with Gasteiger partial charge >= 0.3 is 17.9 Å². The molecule has 2 atom stereocenters. The van der Waals surface area contributed by atoms with Gasteiger partial charge in [0.1, 0.15) is 5.75 Å². The van der Waals surface area contributed by atoms with E-state index >= 15 is 0 Å². The Morgan fingerprint density at radius 3 is 2.25 bits per heavy atom. The number of esters is 1. The van der Waals surface area contributed by atoms with Gasteiger partial charge in [-0.15, -0.1) is 0 Å². The van der Waals surface area contributed by atoms with Crippen LogP contribution in [0.5, 0.6) is 5.75 Å². The number of aromatic carboxylic acids is 1. The number of hydrogen-bond donors (Lipinski definition) is 2. The molecule has 0 fully saturated rings. The first-order valence-electron chi connectivity index (χ1n) is 7.74. The number of carboxylic acids is 2. The van der Waals surface area contributed by atoms with Crippen LogP contribution in [0.1, 0.15) is 43.5 Å². The number of rotatable bonds is 10. The second kappa shape index (κ2) is 9.54. The molecule has 24 heavy (non-hydrogen) atoms. The van der Waals surface area contributed by atoms with Crippen LogP contribution in [-0.2, 0) is 14.3 Å². The molecule has 7 nitrogen and oxygen atoms in total. The van der Waals surface area contributed by atoms with Gasteiger partial charge in [0.15, 0.2) is 6.10 Å². The fourth-order valence-corrected chi connectivity index (χ4v) is 1.86. The maximum atomic E-state index is 12.1. The van der Waals surface area contributed by atoms with Crippen molar-refractivity contribution in [3.8, 4) is 5.75 Å². The van der Waals surface area contributed by atoms with Crippen molar-refractivity contribution in [1.82, 2.24) is 0 Å². The Bertz CT molecular complexity index is 565. The number of carbonyl (C=O) groups is 3. The van der Waals surface area contributed by atoms with Crippen LogP contribution >= 0.6 is 0 Å². The first-order chi connectivity index (χ1) is 11.3. The molecule has 0 saturated carbocycles. The van der Waals surface area contributed by atoms with Crippen LogP contribution in [0, 0.1) is 5.92 Å². The third kappa shape index (κ3) is 6.28. The molecule has 0 radical (unpaired) electrons. The van der Waals surface area contributed by atoms with E-state index in [0.29, 0.717) is 6.42 Å². The van der Waals surface area contributed by atoms with Crippen LogP contribution < -0.4 is 4.74 Å². The topological polar surface area (TPSA) is 110 Å². The van der Waals surface area contributed by atoms with Crippen molar-refractivity contribution in [1.29, 1.82) is 0 Å². The molecule has 0 aromatic heterocycles. The van der Waals surface area contributed by atoms with E-state index < -0.39 is 29.9 Å². The molecule has 0 bridgehead atoms. The van der Waals surface area contributed by atoms with Gasteiger partial charge in [-0.25, -0.2) is 9.59 Å². The summed E-state index contributed by atoms with van der Waals surface area (Å²) in [6, 6.07) is 5.53. The predicted molar refractivity (Wildman–Crippen MR) is 85.1 cm³/mol. The van der Waals surface area contributed by atoms with Crippen molar-refractivity contribution >= 4 is 17.9 Å².